The fourth-order valence-electron chi connectivity index (χ4n) is 2.74. The summed E-state index contributed by atoms with van der Waals surface area (Å²) in [5, 5.41) is 5.74. The van der Waals surface area contributed by atoms with Crippen molar-refractivity contribution >= 4 is 11.7 Å². The number of carbonyl (C=O) groups is 1. The third-order valence-corrected chi connectivity index (χ3v) is 4.08. The number of hydrogen-bond acceptors (Lipinski definition) is 3. The first kappa shape index (κ1) is 16.4. The Kier molecular flexibility index (Phi) is 5.03. The molecule has 0 bridgehead atoms. The number of hydrogen-bond donors (Lipinski definition) is 2. The van der Waals surface area contributed by atoms with Crippen molar-refractivity contribution in [3.8, 4) is 5.75 Å². The summed E-state index contributed by atoms with van der Waals surface area (Å²) < 4.78 is 7.71. The van der Waals surface area contributed by atoms with E-state index in [1.807, 2.05) is 37.4 Å². The fourth-order valence-corrected chi connectivity index (χ4v) is 2.74. The number of amides is 2. The van der Waals surface area contributed by atoms with Crippen molar-refractivity contribution < 1.29 is 9.53 Å². The van der Waals surface area contributed by atoms with E-state index in [-0.39, 0.29) is 6.03 Å². The van der Waals surface area contributed by atoms with Crippen molar-refractivity contribution in [1.82, 2.24) is 14.9 Å². The van der Waals surface area contributed by atoms with Gasteiger partial charge >= 0.3 is 6.03 Å². The van der Waals surface area contributed by atoms with Crippen LogP contribution >= 0.6 is 0 Å². The van der Waals surface area contributed by atoms with Gasteiger partial charge in [0.2, 0.25) is 0 Å². The van der Waals surface area contributed by atoms with Crippen molar-refractivity contribution in [3.05, 3.63) is 42.0 Å². The number of rotatable bonds is 7. The Morgan fingerprint density at radius 3 is 2.92 bits per heavy atom. The standard InChI is InChI=1S/C18H24N4O2/c1-3-24-16-7-5-4-6-15(16)21-18(23)19-10-11-22-13(2)12-20-17(22)14-8-9-14/h4-7,12,14H,3,8-11H2,1-2H3,(H2,19,21,23). The van der Waals surface area contributed by atoms with Crippen LogP contribution < -0.4 is 15.4 Å². The van der Waals surface area contributed by atoms with Gasteiger partial charge in [-0.1, -0.05) is 12.1 Å². The topological polar surface area (TPSA) is 68.2 Å². The van der Waals surface area contributed by atoms with E-state index in [0.29, 0.717) is 30.5 Å². The summed E-state index contributed by atoms with van der Waals surface area (Å²) in [7, 11) is 0. The second-order valence-electron chi connectivity index (χ2n) is 5.99. The predicted molar refractivity (Wildman–Crippen MR) is 93.6 cm³/mol. The molecule has 0 radical (unpaired) electrons. The van der Waals surface area contributed by atoms with E-state index in [4.69, 9.17) is 4.74 Å². The number of ether oxygens (including phenoxy) is 1. The number of imidazole rings is 1. The van der Waals surface area contributed by atoms with Gasteiger partial charge in [0.25, 0.3) is 0 Å². The SMILES string of the molecule is CCOc1ccccc1NC(=O)NCCn1c(C)cnc1C1CC1. The van der Waals surface area contributed by atoms with E-state index >= 15 is 0 Å². The average molecular weight is 328 g/mol. The molecule has 1 aliphatic rings. The van der Waals surface area contributed by atoms with Gasteiger partial charge in [-0.25, -0.2) is 9.78 Å². The minimum atomic E-state index is -0.229. The Hall–Kier alpha value is -2.50. The number of nitrogens with one attached hydrogen (secondary N) is 2. The molecule has 0 aliphatic heterocycles. The molecule has 3 rings (SSSR count). The smallest absolute Gasteiger partial charge is 0.319 e. The number of urea groups is 1. The second kappa shape index (κ2) is 7.38. The zero-order valence-electron chi connectivity index (χ0n) is 14.2. The third kappa shape index (κ3) is 3.88. The van der Waals surface area contributed by atoms with Gasteiger partial charge in [0.1, 0.15) is 11.6 Å². The Bertz CT molecular complexity index is 707. The molecule has 128 valence electrons. The predicted octanol–water partition coefficient (Wildman–Crippen LogP) is 3.29. The number of para-hydroxylation sites is 2. The van der Waals surface area contributed by atoms with Gasteiger partial charge in [-0.2, -0.15) is 0 Å². The molecule has 1 aliphatic carbocycles. The summed E-state index contributed by atoms with van der Waals surface area (Å²) in [5.74, 6) is 2.43. The summed E-state index contributed by atoms with van der Waals surface area (Å²) in [4.78, 5) is 16.6. The lowest BCUT2D eigenvalue weighted by Gasteiger charge is -2.13. The molecule has 1 fully saturated rings. The second-order valence-corrected chi connectivity index (χ2v) is 5.99. The van der Waals surface area contributed by atoms with Gasteiger partial charge in [-0.05, 0) is 38.8 Å². The lowest BCUT2D eigenvalue weighted by atomic mass is 10.3. The molecule has 1 heterocycles. The number of anilines is 1. The first-order valence-corrected chi connectivity index (χ1v) is 8.47. The molecule has 2 amide bonds. The summed E-state index contributed by atoms with van der Waals surface area (Å²) >= 11 is 0. The van der Waals surface area contributed by atoms with Crippen molar-refractivity contribution in [2.24, 2.45) is 0 Å². The molecule has 24 heavy (non-hydrogen) atoms. The molecule has 0 unspecified atom stereocenters. The highest BCUT2D eigenvalue weighted by molar-refractivity contribution is 5.90. The lowest BCUT2D eigenvalue weighted by molar-refractivity contribution is 0.251. The highest BCUT2D eigenvalue weighted by atomic mass is 16.5. The van der Waals surface area contributed by atoms with Crippen molar-refractivity contribution in [3.63, 3.8) is 0 Å². The minimum absolute atomic E-state index is 0.229. The van der Waals surface area contributed by atoms with Crippen LogP contribution in [0.5, 0.6) is 5.75 Å². The molecule has 6 heteroatoms. The number of aromatic nitrogens is 2. The Balaban J connectivity index is 1.52. The minimum Gasteiger partial charge on any atom is -0.492 e. The summed E-state index contributed by atoms with van der Waals surface area (Å²) in [6.07, 6.45) is 4.35. The van der Waals surface area contributed by atoms with Crippen LogP contribution in [0.3, 0.4) is 0 Å². The first-order valence-electron chi connectivity index (χ1n) is 8.47. The zero-order chi connectivity index (χ0) is 16.9. The molecule has 1 aromatic carbocycles. The molecular weight excluding hydrogens is 304 g/mol. The van der Waals surface area contributed by atoms with E-state index in [2.05, 4.69) is 27.1 Å². The van der Waals surface area contributed by atoms with Gasteiger partial charge < -0.3 is 19.9 Å². The van der Waals surface area contributed by atoms with E-state index in [1.54, 1.807) is 0 Å². The Morgan fingerprint density at radius 2 is 2.17 bits per heavy atom. The fraction of sp³-hybridized carbons (Fsp3) is 0.444. The van der Waals surface area contributed by atoms with Crippen LogP contribution in [0.25, 0.3) is 0 Å². The van der Waals surface area contributed by atoms with Crippen molar-refractivity contribution in [2.75, 3.05) is 18.5 Å². The van der Waals surface area contributed by atoms with Gasteiger partial charge in [-0.15, -0.1) is 0 Å². The number of benzene rings is 1. The largest absolute Gasteiger partial charge is 0.492 e. The van der Waals surface area contributed by atoms with Crippen LogP contribution in [0.4, 0.5) is 10.5 Å². The van der Waals surface area contributed by atoms with Crippen LogP contribution in [0.1, 0.15) is 37.2 Å². The third-order valence-electron chi connectivity index (χ3n) is 4.08. The van der Waals surface area contributed by atoms with Crippen LogP contribution in [-0.2, 0) is 6.54 Å². The molecule has 6 nitrogen and oxygen atoms in total. The van der Waals surface area contributed by atoms with Gasteiger partial charge in [0.15, 0.2) is 0 Å². The number of aryl methyl sites for hydroxylation is 1. The van der Waals surface area contributed by atoms with Gasteiger partial charge in [0.05, 0.1) is 12.3 Å². The Labute approximate surface area is 142 Å². The highest BCUT2D eigenvalue weighted by Gasteiger charge is 2.28. The monoisotopic (exact) mass is 328 g/mol. The van der Waals surface area contributed by atoms with E-state index in [0.717, 1.165) is 18.1 Å². The molecule has 0 saturated heterocycles. The quantitative estimate of drug-likeness (QED) is 0.819. The average Bonchev–Trinajstić information content (AvgIpc) is 3.34. The van der Waals surface area contributed by atoms with E-state index < -0.39 is 0 Å². The van der Waals surface area contributed by atoms with Crippen molar-refractivity contribution in [2.45, 2.75) is 39.2 Å². The van der Waals surface area contributed by atoms with Gasteiger partial charge in [0, 0.05) is 30.9 Å². The van der Waals surface area contributed by atoms with E-state index in [1.165, 1.54) is 12.8 Å². The van der Waals surface area contributed by atoms with Crippen LogP contribution in [-0.4, -0.2) is 28.7 Å². The Morgan fingerprint density at radius 1 is 1.38 bits per heavy atom. The summed E-state index contributed by atoms with van der Waals surface area (Å²) in [6.45, 7) is 5.82. The maximum absolute atomic E-state index is 12.1. The molecule has 2 aromatic rings. The van der Waals surface area contributed by atoms with Crippen LogP contribution in [0.2, 0.25) is 0 Å². The molecule has 2 N–H and O–H groups in total. The molecular formula is C18H24N4O2. The lowest BCUT2D eigenvalue weighted by Crippen LogP contribution is -2.32. The molecule has 1 saturated carbocycles. The summed E-state index contributed by atoms with van der Waals surface area (Å²) in [5.41, 5.74) is 1.81. The van der Waals surface area contributed by atoms with Crippen LogP contribution in [0.15, 0.2) is 30.5 Å². The highest BCUT2D eigenvalue weighted by Crippen LogP contribution is 2.39. The summed E-state index contributed by atoms with van der Waals surface area (Å²) in [6, 6.07) is 7.20. The van der Waals surface area contributed by atoms with Crippen molar-refractivity contribution in [1.29, 1.82) is 0 Å². The maximum atomic E-state index is 12.1. The molecule has 1 aromatic heterocycles. The number of nitrogens with zero attached hydrogens (tertiary/aromatic N) is 2. The molecule has 0 spiro atoms. The molecule has 0 atom stereocenters. The number of carbonyl (C=O) groups excluding carboxylic acids is 1. The van der Waals surface area contributed by atoms with Gasteiger partial charge in [-0.3, -0.25) is 0 Å². The first-order chi connectivity index (χ1) is 11.7. The normalized spacial score (nSPS) is 13.6. The van der Waals surface area contributed by atoms with Crippen LogP contribution in [0, 0.1) is 6.92 Å². The van der Waals surface area contributed by atoms with E-state index in [9.17, 15) is 4.79 Å². The zero-order valence-corrected chi connectivity index (χ0v) is 14.2. The maximum Gasteiger partial charge on any atom is 0.319 e.